The van der Waals surface area contributed by atoms with Gasteiger partial charge >= 0.3 is 0 Å². The predicted molar refractivity (Wildman–Crippen MR) is 91.9 cm³/mol. The molecule has 0 aliphatic carbocycles. The lowest BCUT2D eigenvalue weighted by Gasteiger charge is -2.37. The summed E-state index contributed by atoms with van der Waals surface area (Å²) in [6.07, 6.45) is 4.72. The van der Waals surface area contributed by atoms with E-state index in [2.05, 4.69) is 20.0 Å². The maximum atomic E-state index is 12.9. The summed E-state index contributed by atoms with van der Waals surface area (Å²) >= 11 is 5.88. The molecule has 3 rings (SSSR count). The lowest BCUT2D eigenvalue weighted by Crippen LogP contribution is -2.51. The molecule has 1 aliphatic rings. The van der Waals surface area contributed by atoms with Gasteiger partial charge in [0.25, 0.3) is 0 Å². The van der Waals surface area contributed by atoms with E-state index in [9.17, 15) is 4.79 Å². The van der Waals surface area contributed by atoms with E-state index in [1.807, 2.05) is 30.9 Å². The SMILES string of the molecule is CC(C)[C@H](C(=O)N1CCN(c2ccc(Cl)cn2)CC1)n1cncn1. The average Bonchev–Trinajstić information content (AvgIpc) is 3.09. The van der Waals surface area contributed by atoms with Crippen molar-refractivity contribution in [2.24, 2.45) is 5.92 Å². The summed E-state index contributed by atoms with van der Waals surface area (Å²) < 4.78 is 1.65. The molecule has 1 amide bonds. The fraction of sp³-hybridized carbons (Fsp3) is 0.500. The molecule has 0 N–H and O–H groups in total. The summed E-state index contributed by atoms with van der Waals surface area (Å²) in [5.41, 5.74) is 0. The number of halogens is 1. The largest absolute Gasteiger partial charge is 0.353 e. The van der Waals surface area contributed by atoms with Gasteiger partial charge in [0.05, 0.1) is 5.02 Å². The molecule has 128 valence electrons. The van der Waals surface area contributed by atoms with Crippen LogP contribution in [0.15, 0.2) is 31.0 Å². The smallest absolute Gasteiger partial charge is 0.247 e. The van der Waals surface area contributed by atoms with Crippen LogP contribution in [0.25, 0.3) is 0 Å². The predicted octanol–water partition coefficient (Wildman–Crippen LogP) is 1.87. The number of pyridine rings is 1. The van der Waals surface area contributed by atoms with Crippen molar-refractivity contribution in [1.29, 1.82) is 0 Å². The summed E-state index contributed by atoms with van der Waals surface area (Å²) in [6.45, 7) is 6.89. The number of carbonyl (C=O) groups is 1. The van der Waals surface area contributed by atoms with Crippen molar-refractivity contribution >= 4 is 23.3 Å². The Hall–Kier alpha value is -2.15. The lowest BCUT2D eigenvalue weighted by atomic mass is 10.0. The molecular formula is C16H21ClN6O. The molecule has 7 nitrogen and oxygen atoms in total. The van der Waals surface area contributed by atoms with Gasteiger partial charge in [-0.25, -0.2) is 14.6 Å². The van der Waals surface area contributed by atoms with Gasteiger partial charge in [-0.15, -0.1) is 0 Å². The molecule has 0 radical (unpaired) electrons. The molecule has 1 saturated heterocycles. The van der Waals surface area contributed by atoms with Crippen LogP contribution in [0.3, 0.4) is 0 Å². The Kier molecular flexibility index (Phi) is 4.99. The quantitative estimate of drug-likeness (QED) is 0.843. The molecule has 0 unspecified atom stereocenters. The Morgan fingerprint density at radius 3 is 2.50 bits per heavy atom. The Morgan fingerprint density at radius 1 is 1.21 bits per heavy atom. The number of anilines is 1. The van der Waals surface area contributed by atoms with E-state index < -0.39 is 0 Å². The Bertz CT molecular complexity index is 664. The van der Waals surface area contributed by atoms with Crippen LogP contribution in [0.4, 0.5) is 5.82 Å². The first-order valence-corrected chi connectivity index (χ1v) is 8.43. The monoisotopic (exact) mass is 348 g/mol. The molecule has 8 heteroatoms. The Morgan fingerprint density at radius 2 is 1.96 bits per heavy atom. The maximum absolute atomic E-state index is 12.9. The molecular weight excluding hydrogens is 328 g/mol. The Labute approximate surface area is 146 Å². The number of carbonyl (C=O) groups excluding carboxylic acids is 1. The van der Waals surface area contributed by atoms with Crippen LogP contribution < -0.4 is 4.90 Å². The summed E-state index contributed by atoms with van der Waals surface area (Å²) in [5.74, 6) is 1.14. The first-order chi connectivity index (χ1) is 11.6. The second-order valence-electron chi connectivity index (χ2n) is 6.21. The van der Waals surface area contributed by atoms with E-state index >= 15 is 0 Å². The Balaban J connectivity index is 1.65. The minimum absolute atomic E-state index is 0.0965. The molecule has 2 aromatic rings. The second kappa shape index (κ2) is 7.17. The third-order valence-corrected chi connectivity index (χ3v) is 4.46. The van der Waals surface area contributed by atoms with Gasteiger partial charge in [0.1, 0.15) is 24.5 Å². The first-order valence-electron chi connectivity index (χ1n) is 8.05. The number of hydrogen-bond donors (Lipinski definition) is 0. The van der Waals surface area contributed by atoms with Gasteiger partial charge < -0.3 is 9.80 Å². The third kappa shape index (κ3) is 3.51. The second-order valence-corrected chi connectivity index (χ2v) is 6.65. The molecule has 3 heterocycles. The van der Waals surface area contributed by atoms with Crippen molar-refractivity contribution in [3.8, 4) is 0 Å². The molecule has 0 saturated carbocycles. The molecule has 1 aliphatic heterocycles. The minimum atomic E-state index is -0.312. The minimum Gasteiger partial charge on any atom is -0.353 e. The number of amides is 1. The van der Waals surface area contributed by atoms with Crippen LogP contribution in [0, 0.1) is 5.92 Å². The van der Waals surface area contributed by atoms with Gasteiger partial charge in [-0.05, 0) is 18.1 Å². The van der Waals surface area contributed by atoms with E-state index in [-0.39, 0.29) is 17.9 Å². The van der Waals surface area contributed by atoms with Crippen LogP contribution in [0.1, 0.15) is 19.9 Å². The van der Waals surface area contributed by atoms with E-state index in [0.717, 1.165) is 18.9 Å². The summed E-state index contributed by atoms with van der Waals surface area (Å²) in [7, 11) is 0. The molecule has 0 spiro atoms. The topological polar surface area (TPSA) is 67.2 Å². The molecule has 2 aromatic heterocycles. The highest BCUT2D eigenvalue weighted by Gasteiger charge is 2.31. The number of piperazine rings is 1. The zero-order chi connectivity index (χ0) is 17.1. The first kappa shape index (κ1) is 16.7. The lowest BCUT2D eigenvalue weighted by molar-refractivity contribution is -0.136. The van der Waals surface area contributed by atoms with Crippen LogP contribution in [-0.2, 0) is 4.79 Å². The number of nitrogens with zero attached hydrogens (tertiary/aromatic N) is 6. The van der Waals surface area contributed by atoms with Crippen molar-refractivity contribution in [2.75, 3.05) is 31.1 Å². The van der Waals surface area contributed by atoms with E-state index in [0.29, 0.717) is 18.1 Å². The molecule has 24 heavy (non-hydrogen) atoms. The van der Waals surface area contributed by atoms with E-state index in [4.69, 9.17) is 11.6 Å². The number of aromatic nitrogens is 4. The molecule has 0 aromatic carbocycles. The zero-order valence-electron chi connectivity index (χ0n) is 13.8. The summed E-state index contributed by atoms with van der Waals surface area (Å²) in [6, 6.07) is 3.43. The van der Waals surface area contributed by atoms with Gasteiger partial charge in [-0.1, -0.05) is 25.4 Å². The highest BCUT2D eigenvalue weighted by Crippen LogP contribution is 2.22. The van der Waals surface area contributed by atoms with Crippen LogP contribution >= 0.6 is 11.6 Å². The third-order valence-electron chi connectivity index (χ3n) is 4.23. The number of hydrogen-bond acceptors (Lipinski definition) is 5. The maximum Gasteiger partial charge on any atom is 0.247 e. The van der Waals surface area contributed by atoms with Gasteiger partial charge in [0, 0.05) is 32.4 Å². The summed E-state index contributed by atoms with van der Waals surface area (Å²) in [5, 5.41) is 4.77. The summed E-state index contributed by atoms with van der Waals surface area (Å²) in [4.78, 5) is 25.3. The van der Waals surface area contributed by atoms with Crippen LogP contribution in [0.5, 0.6) is 0 Å². The van der Waals surface area contributed by atoms with Gasteiger partial charge in [-0.3, -0.25) is 4.79 Å². The van der Waals surface area contributed by atoms with Crippen molar-refractivity contribution in [1.82, 2.24) is 24.6 Å². The standard InChI is InChI=1S/C16H21ClN6O/c1-12(2)15(23-11-18-10-20-23)16(24)22-7-5-21(6-8-22)14-4-3-13(17)9-19-14/h3-4,9-12,15H,5-8H2,1-2H3/t15-/m1/s1. The van der Waals surface area contributed by atoms with Crippen molar-refractivity contribution in [3.05, 3.63) is 36.0 Å². The van der Waals surface area contributed by atoms with E-state index in [1.165, 1.54) is 6.33 Å². The number of rotatable bonds is 4. The van der Waals surface area contributed by atoms with Crippen LogP contribution in [-0.4, -0.2) is 56.7 Å². The molecule has 1 fully saturated rings. The van der Waals surface area contributed by atoms with Crippen molar-refractivity contribution in [3.63, 3.8) is 0 Å². The van der Waals surface area contributed by atoms with Crippen molar-refractivity contribution < 1.29 is 4.79 Å². The zero-order valence-corrected chi connectivity index (χ0v) is 14.6. The average molecular weight is 349 g/mol. The van der Waals surface area contributed by atoms with Crippen LogP contribution in [0.2, 0.25) is 5.02 Å². The normalized spacial score (nSPS) is 16.5. The van der Waals surface area contributed by atoms with Gasteiger partial charge in [-0.2, -0.15) is 5.10 Å². The highest BCUT2D eigenvalue weighted by atomic mass is 35.5. The highest BCUT2D eigenvalue weighted by molar-refractivity contribution is 6.30. The fourth-order valence-electron chi connectivity index (χ4n) is 2.96. The van der Waals surface area contributed by atoms with Gasteiger partial charge in [0.15, 0.2) is 0 Å². The van der Waals surface area contributed by atoms with Crippen molar-refractivity contribution in [2.45, 2.75) is 19.9 Å². The van der Waals surface area contributed by atoms with Gasteiger partial charge in [0.2, 0.25) is 5.91 Å². The molecule has 1 atom stereocenters. The fourth-order valence-corrected chi connectivity index (χ4v) is 3.07. The molecule has 0 bridgehead atoms. The van der Waals surface area contributed by atoms with E-state index in [1.54, 1.807) is 17.2 Å².